The molecule has 1 saturated heterocycles. The van der Waals surface area contributed by atoms with Gasteiger partial charge in [0.15, 0.2) is 0 Å². The van der Waals surface area contributed by atoms with Crippen LogP contribution in [0.2, 0.25) is 0 Å². The summed E-state index contributed by atoms with van der Waals surface area (Å²) in [5.74, 6) is 1.75. The maximum atomic E-state index is 4.52. The summed E-state index contributed by atoms with van der Waals surface area (Å²) in [6.07, 6.45) is 13.1. The molecule has 1 unspecified atom stereocenters. The van der Waals surface area contributed by atoms with Gasteiger partial charge in [-0.15, -0.1) is 0 Å². The molecule has 0 aromatic carbocycles. The summed E-state index contributed by atoms with van der Waals surface area (Å²) in [6.45, 7) is 1.16. The zero-order valence-electron chi connectivity index (χ0n) is 10.4. The van der Waals surface area contributed by atoms with E-state index in [1.807, 2.05) is 0 Å². The zero-order valence-corrected chi connectivity index (χ0v) is 10.4. The lowest BCUT2D eigenvalue weighted by molar-refractivity contribution is 0.393. The van der Waals surface area contributed by atoms with Gasteiger partial charge >= 0.3 is 0 Å². The Balaban J connectivity index is 1.59. The van der Waals surface area contributed by atoms with Gasteiger partial charge in [-0.3, -0.25) is 0 Å². The normalized spacial score (nSPS) is 25.5. The largest absolute Gasteiger partial charge is 0.314 e. The monoisotopic (exact) mass is 231 g/mol. The average Bonchev–Trinajstić information content (AvgIpc) is 2.31. The number of piperidine rings is 1. The van der Waals surface area contributed by atoms with E-state index in [4.69, 9.17) is 0 Å². The molecule has 17 heavy (non-hydrogen) atoms. The summed E-state index contributed by atoms with van der Waals surface area (Å²) < 4.78 is 0. The first-order chi connectivity index (χ1) is 8.42. The fourth-order valence-electron chi connectivity index (χ4n) is 2.74. The molecule has 2 heterocycles. The highest BCUT2D eigenvalue weighted by Gasteiger charge is 2.20. The number of hydrogen-bond donors (Lipinski definition) is 1. The number of aromatic nitrogens is 2. The van der Waals surface area contributed by atoms with Gasteiger partial charge in [-0.2, -0.15) is 0 Å². The molecule has 3 nitrogen and oxygen atoms in total. The fraction of sp³-hybridized carbons (Fsp3) is 0.714. The van der Waals surface area contributed by atoms with Crippen molar-refractivity contribution in [2.45, 2.75) is 56.9 Å². The highest BCUT2D eigenvalue weighted by Crippen LogP contribution is 2.35. The van der Waals surface area contributed by atoms with E-state index < -0.39 is 0 Å². The van der Waals surface area contributed by atoms with Crippen LogP contribution in [0.25, 0.3) is 0 Å². The second kappa shape index (κ2) is 5.13. The molecule has 3 rings (SSSR count). The van der Waals surface area contributed by atoms with E-state index in [0.717, 1.165) is 24.7 Å². The average molecular weight is 231 g/mol. The Morgan fingerprint density at radius 1 is 1.06 bits per heavy atom. The fourth-order valence-corrected chi connectivity index (χ4v) is 2.74. The second-order valence-corrected chi connectivity index (χ2v) is 5.41. The minimum Gasteiger partial charge on any atom is -0.314 e. The highest BCUT2D eigenvalue weighted by molar-refractivity contribution is 5.14. The van der Waals surface area contributed by atoms with E-state index in [-0.39, 0.29) is 0 Å². The summed E-state index contributed by atoms with van der Waals surface area (Å²) in [6, 6.07) is 0.596. The van der Waals surface area contributed by atoms with Crippen molar-refractivity contribution >= 4 is 0 Å². The Morgan fingerprint density at radius 2 is 1.88 bits per heavy atom. The SMILES string of the molecule is c1nc(CC2CCCCN2)ncc1C1CCC1. The number of nitrogens with zero attached hydrogens (tertiary/aromatic N) is 2. The Bertz CT molecular complexity index is 350. The molecule has 2 fully saturated rings. The lowest BCUT2D eigenvalue weighted by Crippen LogP contribution is -2.36. The minimum atomic E-state index is 0.596. The van der Waals surface area contributed by atoms with Gasteiger partial charge in [0.05, 0.1) is 0 Å². The summed E-state index contributed by atoms with van der Waals surface area (Å²) >= 11 is 0. The van der Waals surface area contributed by atoms with Crippen molar-refractivity contribution in [1.82, 2.24) is 15.3 Å². The Kier molecular flexibility index (Phi) is 3.36. The van der Waals surface area contributed by atoms with Crippen LogP contribution >= 0.6 is 0 Å². The van der Waals surface area contributed by atoms with Crippen LogP contribution in [0.5, 0.6) is 0 Å². The van der Waals surface area contributed by atoms with Crippen molar-refractivity contribution in [2.75, 3.05) is 6.54 Å². The van der Waals surface area contributed by atoms with E-state index in [9.17, 15) is 0 Å². The molecule has 1 aliphatic heterocycles. The maximum absolute atomic E-state index is 4.52. The lowest BCUT2D eigenvalue weighted by atomic mass is 9.81. The van der Waals surface area contributed by atoms with Crippen LogP contribution in [0.4, 0.5) is 0 Å². The van der Waals surface area contributed by atoms with Crippen LogP contribution in [-0.4, -0.2) is 22.6 Å². The first kappa shape index (κ1) is 11.1. The van der Waals surface area contributed by atoms with Crippen molar-refractivity contribution < 1.29 is 0 Å². The second-order valence-electron chi connectivity index (χ2n) is 5.41. The van der Waals surface area contributed by atoms with Gasteiger partial charge in [0.25, 0.3) is 0 Å². The maximum Gasteiger partial charge on any atom is 0.129 e. The molecule has 1 N–H and O–H groups in total. The zero-order chi connectivity index (χ0) is 11.5. The Labute approximate surface area is 103 Å². The molecule has 1 aromatic heterocycles. The van der Waals surface area contributed by atoms with Gasteiger partial charge in [-0.05, 0) is 43.7 Å². The third kappa shape index (κ3) is 2.65. The first-order valence-electron chi connectivity index (χ1n) is 6.96. The predicted molar refractivity (Wildman–Crippen MR) is 68.0 cm³/mol. The molecule has 1 aromatic rings. The molecule has 0 bridgehead atoms. The van der Waals surface area contributed by atoms with Crippen molar-refractivity contribution in [2.24, 2.45) is 0 Å². The van der Waals surface area contributed by atoms with Crippen LogP contribution in [0.1, 0.15) is 55.8 Å². The van der Waals surface area contributed by atoms with Crippen molar-refractivity contribution in [1.29, 1.82) is 0 Å². The molecule has 0 spiro atoms. The molecular formula is C14H21N3. The molecule has 0 amide bonds. The molecule has 0 radical (unpaired) electrons. The summed E-state index contributed by atoms with van der Waals surface area (Å²) in [4.78, 5) is 9.05. The first-order valence-corrected chi connectivity index (χ1v) is 6.96. The third-order valence-corrected chi connectivity index (χ3v) is 4.14. The van der Waals surface area contributed by atoms with Gasteiger partial charge in [0, 0.05) is 24.9 Å². The molecule has 3 heteroatoms. The van der Waals surface area contributed by atoms with Gasteiger partial charge in [0.2, 0.25) is 0 Å². The molecule has 92 valence electrons. The third-order valence-electron chi connectivity index (χ3n) is 4.14. The van der Waals surface area contributed by atoms with Gasteiger partial charge < -0.3 is 5.32 Å². The standard InChI is InChI=1S/C14H21N3/c1-2-7-15-13(6-1)8-14-16-9-12(10-17-14)11-4-3-5-11/h9-11,13,15H,1-8H2. The molecular weight excluding hydrogens is 210 g/mol. The van der Waals surface area contributed by atoms with Crippen LogP contribution in [0.3, 0.4) is 0 Å². The predicted octanol–water partition coefficient (Wildman–Crippen LogP) is 2.43. The van der Waals surface area contributed by atoms with E-state index >= 15 is 0 Å². The number of rotatable bonds is 3. The number of nitrogens with one attached hydrogen (secondary N) is 1. The van der Waals surface area contributed by atoms with Crippen molar-refractivity contribution in [3.8, 4) is 0 Å². The van der Waals surface area contributed by atoms with Crippen LogP contribution in [-0.2, 0) is 6.42 Å². The molecule has 1 atom stereocenters. The summed E-state index contributed by atoms with van der Waals surface area (Å²) in [7, 11) is 0. The topological polar surface area (TPSA) is 37.8 Å². The Morgan fingerprint density at radius 3 is 2.47 bits per heavy atom. The molecule has 1 aliphatic carbocycles. The van der Waals surface area contributed by atoms with Gasteiger partial charge in [0.1, 0.15) is 5.82 Å². The highest BCUT2D eigenvalue weighted by atomic mass is 14.9. The van der Waals surface area contributed by atoms with E-state index in [2.05, 4.69) is 27.7 Å². The van der Waals surface area contributed by atoms with Crippen LogP contribution < -0.4 is 5.32 Å². The van der Waals surface area contributed by atoms with Gasteiger partial charge in [-0.25, -0.2) is 9.97 Å². The molecule has 1 saturated carbocycles. The Hall–Kier alpha value is -0.960. The van der Waals surface area contributed by atoms with Gasteiger partial charge in [-0.1, -0.05) is 12.8 Å². The van der Waals surface area contributed by atoms with E-state index in [0.29, 0.717) is 6.04 Å². The van der Waals surface area contributed by atoms with E-state index in [1.165, 1.54) is 44.1 Å². The van der Waals surface area contributed by atoms with Crippen LogP contribution in [0.15, 0.2) is 12.4 Å². The lowest BCUT2D eigenvalue weighted by Gasteiger charge is -2.25. The number of hydrogen-bond acceptors (Lipinski definition) is 3. The smallest absolute Gasteiger partial charge is 0.129 e. The summed E-state index contributed by atoms with van der Waals surface area (Å²) in [5.41, 5.74) is 1.34. The molecule has 2 aliphatic rings. The minimum absolute atomic E-state index is 0.596. The van der Waals surface area contributed by atoms with E-state index in [1.54, 1.807) is 0 Å². The quantitative estimate of drug-likeness (QED) is 0.868. The van der Waals surface area contributed by atoms with Crippen molar-refractivity contribution in [3.63, 3.8) is 0 Å². The van der Waals surface area contributed by atoms with Crippen LogP contribution in [0, 0.1) is 0 Å². The van der Waals surface area contributed by atoms with Crippen molar-refractivity contribution in [3.05, 3.63) is 23.8 Å². The summed E-state index contributed by atoms with van der Waals surface area (Å²) in [5, 5.41) is 3.55.